The van der Waals surface area contributed by atoms with E-state index in [1.54, 1.807) is 11.3 Å². The summed E-state index contributed by atoms with van der Waals surface area (Å²) in [5.74, 6) is 0.0487. The summed E-state index contributed by atoms with van der Waals surface area (Å²) in [5, 5.41) is 6.09. The second-order valence-electron chi connectivity index (χ2n) is 3.73. The van der Waals surface area contributed by atoms with Crippen LogP contribution in [0.25, 0.3) is 0 Å². The molecule has 1 rings (SSSR count). The highest BCUT2D eigenvalue weighted by atomic mass is 35.5. The number of nitrogens with two attached hydrogens (primary N) is 1. The third kappa shape index (κ3) is 7.31. The quantitative estimate of drug-likeness (QED) is 0.745. The third-order valence-electron chi connectivity index (χ3n) is 2.18. The molecule has 0 aromatic carbocycles. The van der Waals surface area contributed by atoms with Crippen molar-refractivity contribution in [2.24, 2.45) is 5.73 Å². The molecule has 0 unspecified atom stereocenters. The van der Waals surface area contributed by atoms with Gasteiger partial charge in [0, 0.05) is 30.6 Å². The minimum atomic E-state index is 0. The van der Waals surface area contributed by atoms with Gasteiger partial charge in [-0.2, -0.15) is 0 Å². The summed E-state index contributed by atoms with van der Waals surface area (Å²) in [6, 6.07) is 0. The molecule has 17 heavy (non-hydrogen) atoms. The molecule has 0 atom stereocenters. The number of carbonyl (C=O) groups excluding carboxylic acids is 1. The van der Waals surface area contributed by atoms with Crippen LogP contribution in [0.5, 0.6) is 0 Å². The molecule has 0 saturated heterocycles. The van der Waals surface area contributed by atoms with Crippen molar-refractivity contribution < 1.29 is 4.79 Å². The second-order valence-corrected chi connectivity index (χ2v) is 4.67. The summed E-state index contributed by atoms with van der Waals surface area (Å²) in [7, 11) is 0. The van der Waals surface area contributed by atoms with Crippen LogP contribution in [0.4, 0.5) is 0 Å². The monoisotopic (exact) mass is 277 g/mol. The number of unbranched alkanes of at least 4 members (excludes halogenated alkanes) is 1. The minimum Gasteiger partial charge on any atom is -0.356 e. The van der Waals surface area contributed by atoms with Crippen LogP contribution in [0.3, 0.4) is 0 Å². The number of hydrogen-bond acceptors (Lipinski definition) is 4. The molecule has 98 valence electrons. The smallest absolute Gasteiger partial charge is 0.221 e. The van der Waals surface area contributed by atoms with E-state index in [2.05, 4.69) is 15.7 Å². The Balaban J connectivity index is 0.00000256. The molecule has 1 aromatic rings. The number of halogens is 1. The van der Waals surface area contributed by atoms with Gasteiger partial charge in [0.15, 0.2) is 0 Å². The van der Waals surface area contributed by atoms with E-state index in [4.69, 9.17) is 5.73 Å². The number of aryl methyl sites for hydroxylation is 2. The molecule has 0 aliphatic heterocycles. The lowest BCUT2D eigenvalue weighted by Gasteiger charge is -2.03. The normalized spacial score (nSPS) is 9.76. The Hall–Kier alpha value is -0.650. The molecule has 3 N–H and O–H groups in total. The summed E-state index contributed by atoms with van der Waals surface area (Å²) < 4.78 is 0. The first-order valence-electron chi connectivity index (χ1n) is 5.60. The highest BCUT2D eigenvalue weighted by Crippen LogP contribution is 2.11. The molecule has 0 aliphatic carbocycles. The molecule has 1 aromatic heterocycles. The number of carbonyl (C=O) groups is 1. The van der Waals surface area contributed by atoms with E-state index in [0.717, 1.165) is 31.5 Å². The van der Waals surface area contributed by atoms with Gasteiger partial charge in [-0.3, -0.25) is 4.79 Å². The summed E-state index contributed by atoms with van der Waals surface area (Å²) in [4.78, 5) is 15.5. The first-order chi connectivity index (χ1) is 7.72. The van der Waals surface area contributed by atoms with Gasteiger partial charge in [0.2, 0.25) is 5.91 Å². The summed E-state index contributed by atoms with van der Waals surface area (Å²) in [5.41, 5.74) is 6.36. The van der Waals surface area contributed by atoms with E-state index >= 15 is 0 Å². The van der Waals surface area contributed by atoms with Crippen molar-refractivity contribution in [3.8, 4) is 0 Å². The number of nitrogens with one attached hydrogen (secondary N) is 1. The first-order valence-corrected chi connectivity index (χ1v) is 6.48. The van der Waals surface area contributed by atoms with Crippen LogP contribution in [0.1, 0.15) is 30.0 Å². The maximum absolute atomic E-state index is 11.1. The van der Waals surface area contributed by atoms with Crippen molar-refractivity contribution >= 4 is 29.7 Å². The van der Waals surface area contributed by atoms with Gasteiger partial charge in [-0.05, 0) is 26.2 Å². The molecule has 0 fully saturated rings. The standard InChI is InChI=1S/C11H19N3OS.ClH/c1-9-8-16-11(14-9)4-2-3-7-13-10(15)5-6-12;/h8H,2-7,12H2,1H3,(H,13,15);1H. The van der Waals surface area contributed by atoms with Gasteiger partial charge < -0.3 is 11.1 Å². The van der Waals surface area contributed by atoms with Crippen LogP contribution >= 0.6 is 23.7 Å². The second kappa shape index (κ2) is 9.39. The van der Waals surface area contributed by atoms with E-state index in [0.29, 0.717) is 13.0 Å². The highest BCUT2D eigenvalue weighted by molar-refractivity contribution is 7.09. The van der Waals surface area contributed by atoms with Crippen LogP contribution in [0.15, 0.2) is 5.38 Å². The molecule has 0 saturated carbocycles. The third-order valence-corrected chi connectivity index (χ3v) is 3.20. The maximum atomic E-state index is 11.1. The van der Waals surface area contributed by atoms with Crippen molar-refractivity contribution in [2.45, 2.75) is 32.6 Å². The number of hydrogen-bond donors (Lipinski definition) is 2. The van der Waals surface area contributed by atoms with Crippen LogP contribution in [0, 0.1) is 6.92 Å². The topological polar surface area (TPSA) is 68.0 Å². The molecule has 0 bridgehead atoms. The molecule has 0 radical (unpaired) electrons. The van der Waals surface area contributed by atoms with Gasteiger partial charge in [-0.25, -0.2) is 4.98 Å². The lowest BCUT2D eigenvalue weighted by molar-refractivity contribution is -0.120. The predicted molar refractivity (Wildman–Crippen MR) is 73.7 cm³/mol. The van der Waals surface area contributed by atoms with Gasteiger partial charge in [0.1, 0.15) is 0 Å². The predicted octanol–water partition coefficient (Wildman–Crippen LogP) is 1.66. The fourth-order valence-electron chi connectivity index (χ4n) is 1.37. The number of nitrogens with zero attached hydrogens (tertiary/aromatic N) is 1. The van der Waals surface area contributed by atoms with Crippen molar-refractivity contribution in [2.75, 3.05) is 13.1 Å². The summed E-state index contributed by atoms with van der Waals surface area (Å²) >= 11 is 1.71. The fraction of sp³-hybridized carbons (Fsp3) is 0.636. The van der Waals surface area contributed by atoms with Crippen molar-refractivity contribution in [1.82, 2.24) is 10.3 Å². The SMILES string of the molecule is Cc1csc(CCCCNC(=O)CCN)n1.Cl. The molecule has 1 heterocycles. The van der Waals surface area contributed by atoms with Crippen LogP contribution in [-0.4, -0.2) is 24.0 Å². The molecule has 4 nitrogen and oxygen atoms in total. The lowest BCUT2D eigenvalue weighted by Crippen LogP contribution is -2.26. The lowest BCUT2D eigenvalue weighted by atomic mass is 10.2. The zero-order chi connectivity index (χ0) is 11.8. The highest BCUT2D eigenvalue weighted by Gasteiger charge is 2.00. The fourth-order valence-corrected chi connectivity index (χ4v) is 2.18. The molecule has 0 spiro atoms. The Bertz CT molecular complexity index is 330. The molecular weight excluding hydrogens is 258 g/mol. The van der Waals surface area contributed by atoms with E-state index in [1.807, 2.05) is 6.92 Å². The van der Waals surface area contributed by atoms with E-state index in [1.165, 1.54) is 5.01 Å². The number of rotatable bonds is 7. The molecule has 0 aliphatic rings. The maximum Gasteiger partial charge on any atom is 0.221 e. The Labute approximate surface area is 112 Å². The van der Waals surface area contributed by atoms with Crippen molar-refractivity contribution in [1.29, 1.82) is 0 Å². The number of aromatic nitrogens is 1. The molecular formula is C11H20ClN3OS. The van der Waals surface area contributed by atoms with Crippen LogP contribution < -0.4 is 11.1 Å². The number of thiazole rings is 1. The van der Waals surface area contributed by atoms with E-state index in [9.17, 15) is 4.79 Å². The van der Waals surface area contributed by atoms with E-state index < -0.39 is 0 Å². The minimum absolute atomic E-state index is 0. The Morgan fingerprint density at radius 3 is 2.88 bits per heavy atom. The van der Waals surface area contributed by atoms with Gasteiger partial charge in [-0.1, -0.05) is 0 Å². The van der Waals surface area contributed by atoms with Crippen LogP contribution in [-0.2, 0) is 11.2 Å². The average Bonchev–Trinajstić information content (AvgIpc) is 2.64. The Kier molecular flexibility index (Phi) is 9.03. The zero-order valence-electron chi connectivity index (χ0n) is 10.1. The average molecular weight is 278 g/mol. The van der Waals surface area contributed by atoms with Gasteiger partial charge >= 0.3 is 0 Å². The Morgan fingerprint density at radius 2 is 2.29 bits per heavy atom. The molecule has 6 heteroatoms. The van der Waals surface area contributed by atoms with Gasteiger partial charge in [0.05, 0.1) is 5.01 Å². The zero-order valence-corrected chi connectivity index (χ0v) is 11.7. The first kappa shape index (κ1) is 16.4. The largest absolute Gasteiger partial charge is 0.356 e. The summed E-state index contributed by atoms with van der Waals surface area (Å²) in [6.45, 7) is 3.17. The van der Waals surface area contributed by atoms with Crippen LogP contribution in [0.2, 0.25) is 0 Å². The van der Waals surface area contributed by atoms with Gasteiger partial charge in [0.25, 0.3) is 0 Å². The Morgan fingerprint density at radius 1 is 1.53 bits per heavy atom. The molecule has 1 amide bonds. The van der Waals surface area contributed by atoms with Gasteiger partial charge in [-0.15, -0.1) is 23.7 Å². The summed E-state index contributed by atoms with van der Waals surface area (Å²) in [6.07, 6.45) is 3.49. The van der Waals surface area contributed by atoms with Crippen molar-refractivity contribution in [3.63, 3.8) is 0 Å². The number of amides is 1. The van der Waals surface area contributed by atoms with E-state index in [-0.39, 0.29) is 18.3 Å². The van der Waals surface area contributed by atoms with Crippen molar-refractivity contribution in [3.05, 3.63) is 16.1 Å².